The zero-order chi connectivity index (χ0) is 15.4. The van der Waals surface area contributed by atoms with Crippen LogP contribution in [0, 0.1) is 27.7 Å². The van der Waals surface area contributed by atoms with Gasteiger partial charge in [-0.2, -0.15) is 0 Å². The van der Waals surface area contributed by atoms with E-state index in [2.05, 4.69) is 76.5 Å². The van der Waals surface area contributed by atoms with Crippen molar-refractivity contribution < 1.29 is 0 Å². The highest BCUT2D eigenvalue weighted by Crippen LogP contribution is 2.20. The van der Waals surface area contributed by atoms with Crippen molar-refractivity contribution in [2.75, 3.05) is 7.05 Å². The molecule has 0 aromatic heterocycles. The number of benzene rings is 2. The van der Waals surface area contributed by atoms with Crippen LogP contribution >= 0.6 is 0 Å². The summed E-state index contributed by atoms with van der Waals surface area (Å²) >= 11 is 0. The molecule has 0 aliphatic heterocycles. The van der Waals surface area contributed by atoms with Crippen LogP contribution in [0.25, 0.3) is 0 Å². The predicted octanol–water partition coefficient (Wildman–Crippen LogP) is 4.29. The van der Waals surface area contributed by atoms with Gasteiger partial charge in [-0.3, -0.25) is 0 Å². The molecule has 1 unspecified atom stereocenters. The van der Waals surface area contributed by atoms with Crippen molar-refractivity contribution in [1.29, 1.82) is 0 Å². The van der Waals surface area contributed by atoms with E-state index < -0.39 is 0 Å². The molecule has 2 aromatic rings. The fourth-order valence-electron chi connectivity index (χ4n) is 3.16. The van der Waals surface area contributed by atoms with Gasteiger partial charge in [0.2, 0.25) is 0 Å². The van der Waals surface area contributed by atoms with Crippen molar-refractivity contribution in [1.82, 2.24) is 5.32 Å². The summed E-state index contributed by atoms with van der Waals surface area (Å²) in [5.41, 5.74) is 8.51. The highest BCUT2D eigenvalue weighted by atomic mass is 14.9. The first-order chi connectivity index (χ1) is 10.0. The van der Waals surface area contributed by atoms with E-state index in [1.807, 2.05) is 0 Å². The molecule has 0 heterocycles. The highest BCUT2D eigenvalue weighted by molar-refractivity contribution is 5.38. The minimum absolute atomic E-state index is 0.478. The molecule has 2 rings (SSSR count). The van der Waals surface area contributed by atoms with Gasteiger partial charge in [-0.1, -0.05) is 42.0 Å². The van der Waals surface area contributed by atoms with Crippen LogP contribution in [0.3, 0.4) is 0 Å². The molecule has 0 spiro atoms. The average molecular weight is 281 g/mol. The molecular weight excluding hydrogens is 254 g/mol. The zero-order valence-corrected chi connectivity index (χ0v) is 14.0. The van der Waals surface area contributed by atoms with Crippen LogP contribution in [0.15, 0.2) is 36.4 Å². The number of nitrogens with one attached hydrogen (secondary N) is 1. The van der Waals surface area contributed by atoms with E-state index >= 15 is 0 Å². The van der Waals surface area contributed by atoms with E-state index in [9.17, 15) is 0 Å². The summed E-state index contributed by atoms with van der Waals surface area (Å²) in [4.78, 5) is 0. The minimum atomic E-state index is 0.478. The Hall–Kier alpha value is -1.60. The van der Waals surface area contributed by atoms with Crippen LogP contribution in [-0.4, -0.2) is 13.1 Å². The molecular formula is C20H27N. The van der Waals surface area contributed by atoms with Gasteiger partial charge in [0, 0.05) is 6.04 Å². The van der Waals surface area contributed by atoms with Crippen molar-refractivity contribution in [2.45, 2.75) is 46.6 Å². The maximum absolute atomic E-state index is 3.50. The lowest BCUT2D eigenvalue weighted by molar-refractivity contribution is 0.553. The molecule has 0 amide bonds. The second-order valence-electron chi connectivity index (χ2n) is 6.20. The molecule has 1 nitrogen and oxygen atoms in total. The van der Waals surface area contributed by atoms with Gasteiger partial charge in [-0.25, -0.2) is 0 Å². The Morgan fingerprint density at radius 3 is 2.05 bits per heavy atom. The van der Waals surface area contributed by atoms with Gasteiger partial charge in [-0.15, -0.1) is 0 Å². The van der Waals surface area contributed by atoms with Crippen molar-refractivity contribution in [3.05, 3.63) is 69.8 Å². The lowest BCUT2D eigenvalue weighted by Crippen LogP contribution is -2.30. The van der Waals surface area contributed by atoms with E-state index in [1.54, 1.807) is 0 Å². The van der Waals surface area contributed by atoms with E-state index in [4.69, 9.17) is 0 Å². The van der Waals surface area contributed by atoms with Gasteiger partial charge in [0.25, 0.3) is 0 Å². The standard InChI is InChI=1S/C20H27N/c1-14-10-16(3)20(17(4)11-14)13-19(21-5)12-18-9-7-6-8-15(18)2/h6-11,19,21H,12-13H2,1-5H3. The van der Waals surface area contributed by atoms with Crippen LogP contribution in [0.1, 0.15) is 33.4 Å². The van der Waals surface area contributed by atoms with Crippen molar-refractivity contribution in [3.8, 4) is 0 Å². The van der Waals surface area contributed by atoms with Crippen LogP contribution < -0.4 is 5.32 Å². The smallest absolute Gasteiger partial charge is 0.0145 e. The fourth-order valence-corrected chi connectivity index (χ4v) is 3.16. The van der Waals surface area contributed by atoms with Crippen LogP contribution in [0.4, 0.5) is 0 Å². The molecule has 112 valence electrons. The third-order valence-corrected chi connectivity index (χ3v) is 4.43. The first-order valence-electron chi connectivity index (χ1n) is 7.79. The summed E-state index contributed by atoms with van der Waals surface area (Å²) in [5.74, 6) is 0. The van der Waals surface area contributed by atoms with Crippen LogP contribution in [0.2, 0.25) is 0 Å². The van der Waals surface area contributed by atoms with Crippen molar-refractivity contribution in [3.63, 3.8) is 0 Å². The van der Waals surface area contributed by atoms with Crippen molar-refractivity contribution >= 4 is 0 Å². The van der Waals surface area contributed by atoms with E-state index in [0.29, 0.717) is 6.04 Å². The Balaban J connectivity index is 2.19. The lowest BCUT2D eigenvalue weighted by Gasteiger charge is -2.20. The molecule has 0 saturated heterocycles. The lowest BCUT2D eigenvalue weighted by atomic mass is 9.91. The van der Waals surface area contributed by atoms with Gasteiger partial charge >= 0.3 is 0 Å². The summed E-state index contributed by atoms with van der Waals surface area (Å²) in [6.07, 6.45) is 2.17. The van der Waals surface area contributed by atoms with Gasteiger partial charge < -0.3 is 5.32 Å². The number of hydrogen-bond acceptors (Lipinski definition) is 1. The third kappa shape index (κ3) is 3.95. The first kappa shape index (κ1) is 15.8. The molecule has 0 saturated carbocycles. The van der Waals surface area contributed by atoms with E-state index in [-0.39, 0.29) is 0 Å². The summed E-state index contributed by atoms with van der Waals surface area (Å²) in [5, 5.41) is 3.50. The second kappa shape index (κ2) is 6.91. The number of rotatable bonds is 5. The highest BCUT2D eigenvalue weighted by Gasteiger charge is 2.13. The number of aryl methyl sites for hydroxylation is 4. The van der Waals surface area contributed by atoms with Gasteiger partial charge in [0.15, 0.2) is 0 Å². The normalized spacial score (nSPS) is 12.4. The Bertz CT molecular complexity index is 590. The second-order valence-corrected chi connectivity index (χ2v) is 6.20. The summed E-state index contributed by atoms with van der Waals surface area (Å²) in [6, 6.07) is 13.8. The molecule has 21 heavy (non-hydrogen) atoms. The van der Waals surface area contributed by atoms with Crippen molar-refractivity contribution in [2.24, 2.45) is 0 Å². The molecule has 0 radical (unpaired) electrons. The Morgan fingerprint density at radius 1 is 0.857 bits per heavy atom. The van der Waals surface area contributed by atoms with Crippen LogP contribution in [0.5, 0.6) is 0 Å². The quantitative estimate of drug-likeness (QED) is 0.862. The first-order valence-corrected chi connectivity index (χ1v) is 7.79. The summed E-state index contributed by atoms with van der Waals surface area (Å²) in [7, 11) is 2.07. The Labute approximate surface area is 129 Å². The minimum Gasteiger partial charge on any atom is -0.316 e. The molecule has 0 fully saturated rings. The van der Waals surface area contributed by atoms with Gasteiger partial charge in [-0.05, 0) is 75.4 Å². The SMILES string of the molecule is CNC(Cc1ccccc1C)Cc1c(C)cc(C)cc1C. The molecule has 1 N–H and O–H groups in total. The maximum atomic E-state index is 3.50. The average Bonchev–Trinajstić information content (AvgIpc) is 2.43. The molecule has 0 aliphatic rings. The summed E-state index contributed by atoms with van der Waals surface area (Å²) < 4.78 is 0. The largest absolute Gasteiger partial charge is 0.316 e. The fraction of sp³-hybridized carbons (Fsp3) is 0.400. The Kier molecular flexibility index (Phi) is 5.19. The molecule has 2 aromatic carbocycles. The molecule has 0 aliphatic carbocycles. The number of hydrogen-bond donors (Lipinski definition) is 1. The monoisotopic (exact) mass is 281 g/mol. The van der Waals surface area contributed by atoms with Crippen LogP contribution in [-0.2, 0) is 12.8 Å². The van der Waals surface area contributed by atoms with Gasteiger partial charge in [0.1, 0.15) is 0 Å². The molecule has 0 bridgehead atoms. The molecule has 1 atom stereocenters. The molecule has 1 heteroatoms. The third-order valence-electron chi connectivity index (χ3n) is 4.43. The zero-order valence-electron chi connectivity index (χ0n) is 14.0. The van der Waals surface area contributed by atoms with E-state index in [0.717, 1.165) is 12.8 Å². The topological polar surface area (TPSA) is 12.0 Å². The predicted molar refractivity (Wildman–Crippen MR) is 92.1 cm³/mol. The maximum Gasteiger partial charge on any atom is 0.0145 e. The van der Waals surface area contributed by atoms with Gasteiger partial charge in [0.05, 0.1) is 0 Å². The van der Waals surface area contributed by atoms with E-state index in [1.165, 1.54) is 33.4 Å². The Morgan fingerprint density at radius 2 is 1.48 bits per heavy atom. The number of likely N-dealkylation sites (N-methyl/N-ethyl adjacent to an activating group) is 1. The summed E-state index contributed by atoms with van der Waals surface area (Å²) in [6.45, 7) is 8.84.